The lowest BCUT2D eigenvalue weighted by molar-refractivity contribution is -0.131. The first kappa shape index (κ1) is 26.9. The molecule has 0 saturated carbocycles. The van der Waals surface area contributed by atoms with Gasteiger partial charge in [-0.2, -0.15) is 0 Å². The molecule has 0 bridgehead atoms. The van der Waals surface area contributed by atoms with E-state index in [1.54, 1.807) is 26.0 Å². The van der Waals surface area contributed by atoms with Gasteiger partial charge < -0.3 is 25.1 Å². The van der Waals surface area contributed by atoms with Gasteiger partial charge in [0.15, 0.2) is 6.61 Å². The van der Waals surface area contributed by atoms with E-state index in [2.05, 4.69) is 16.0 Å². The Hall–Kier alpha value is -3.36. The summed E-state index contributed by atoms with van der Waals surface area (Å²) in [5.41, 5.74) is 2.00. The van der Waals surface area contributed by atoms with E-state index in [0.717, 1.165) is 10.9 Å². The van der Waals surface area contributed by atoms with Crippen molar-refractivity contribution in [2.45, 2.75) is 67.0 Å². The average molecular weight is 474 g/mol. The van der Waals surface area contributed by atoms with Crippen molar-refractivity contribution < 1.29 is 23.5 Å². The predicted octanol–water partition coefficient (Wildman–Crippen LogP) is 2.27. The molecule has 0 aliphatic rings. The number of amides is 3. The fourth-order valence-corrected chi connectivity index (χ4v) is 3.46. The van der Waals surface area contributed by atoms with Crippen molar-refractivity contribution in [3.8, 4) is 5.75 Å². The fourth-order valence-electron chi connectivity index (χ4n) is 3.46. The van der Waals surface area contributed by atoms with Crippen LogP contribution in [0, 0.1) is 26.7 Å². The number of hydrogen-bond acceptors (Lipinski definition) is 6. The summed E-state index contributed by atoms with van der Waals surface area (Å²) in [4.78, 5) is 49.0. The largest absolute Gasteiger partial charge is 0.483 e. The van der Waals surface area contributed by atoms with Gasteiger partial charge in [0.25, 0.3) is 5.91 Å². The van der Waals surface area contributed by atoms with E-state index in [9.17, 15) is 19.2 Å². The lowest BCUT2D eigenvalue weighted by Crippen LogP contribution is -2.53. The minimum absolute atomic E-state index is 0.0488. The van der Waals surface area contributed by atoms with Crippen LogP contribution in [0.3, 0.4) is 0 Å². The summed E-state index contributed by atoms with van der Waals surface area (Å²) < 4.78 is 11.0. The summed E-state index contributed by atoms with van der Waals surface area (Å²) in [6.07, 6.45) is 0.709. The number of rotatable bonds is 10. The highest BCUT2D eigenvalue weighted by Crippen LogP contribution is 2.29. The molecule has 2 unspecified atom stereocenters. The molecule has 0 aliphatic heterocycles. The number of carbonyl (C=O) groups excluding carboxylic acids is 3. The molecule has 0 aliphatic carbocycles. The van der Waals surface area contributed by atoms with Crippen molar-refractivity contribution in [3.05, 3.63) is 39.2 Å². The van der Waals surface area contributed by atoms with Crippen LogP contribution < -0.4 is 26.3 Å². The molecule has 0 spiro atoms. The van der Waals surface area contributed by atoms with Crippen molar-refractivity contribution in [2.24, 2.45) is 5.92 Å². The zero-order chi connectivity index (χ0) is 25.6. The molecular formula is C25H35N3O6. The highest BCUT2D eigenvalue weighted by molar-refractivity contribution is 5.90. The Morgan fingerprint density at radius 1 is 0.971 bits per heavy atom. The lowest BCUT2D eigenvalue weighted by atomic mass is 9.98. The lowest BCUT2D eigenvalue weighted by Gasteiger charge is -2.24. The number of nitrogens with one attached hydrogen (secondary N) is 3. The monoisotopic (exact) mass is 473 g/mol. The van der Waals surface area contributed by atoms with Crippen LogP contribution in [0.4, 0.5) is 0 Å². The molecule has 2 atom stereocenters. The van der Waals surface area contributed by atoms with E-state index in [0.29, 0.717) is 28.9 Å². The standard InChI is InChI=1S/C25H35N3O6/c1-8-14(4)22(24(31)27-13(2)3)28-20(29)11-26-21(30)12-33-19-10-9-18-15(5)16(6)25(32)34-23(18)17(19)7/h9-10,13-14,22H,8,11-12H2,1-7H3,(H,26,30)(H,27,31)(H,28,29). The Bertz CT molecular complexity index is 1120. The second-order valence-electron chi connectivity index (χ2n) is 8.86. The van der Waals surface area contributed by atoms with E-state index in [1.807, 2.05) is 34.6 Å². The van der Waals surface area contributed by atoms with E-state index in [4.69, 9.17) is 9.15 Å². The quantitative estimate of drug-likeness (QED) is 0.455. The van der Waals surface area contributed by atoms with Gasteiger partial charge in [-0.25, -0.2) is 4.79 Å². The van der Waals surface area contributed by atoms with Gasteiger partial charge in [-0.05, 0) is 58.2 Å². The molecule has 2 aromatic rings. The van der Waals surface area contributed by atoms with E-state index >= 15 is 0 Å². The van der Waals surface area contributed by atoms with Crippen LogP contribution in [0.15, 0.2) is 21.3 Å². The molecule has 1 heterocycles. The molecule has 1 aromatic carbocycles. The van der Waals surface area contributed by atoms with Crippen molar-refractivity contribution in [2.75, 3.05) is 13.2 Å². The first-order chi connectivity index (χ1) is 16.0. The third-order valence-electron chi connectivity index (χ3n) is 5.87. The third-order valence-corrected chi connectivity index (χ3v) is 5.87. The van der Waals surface area contributed by atoms with Crippen LogP contribution in [-0.4, -0.2) is 43.0 Å². The number of aryl methyl sites for hydroxylation is 2. The summed E-state index contributed by atoms with van der Waals surface area (Å²) in [6, 6.07) is 2.77. The third kappa shape index (κ3) is 6.59. The van der Waals surface area contributed by atoms with Gasteiger partial charge >= 0.3 is 5.63 Å². The van der Waals surface area contributed by atoms with Gasteiger partial charge in [0.2, 0.25) is 11.8 Å². The van der Waals surface area contributed by atoms with Crippen molar-refractivity contribution in [3.63, 3.8) is 0 Å². The minimum Gasteiger partial charge on any atom is -0.483 e. The van der Waals surface area contributed by atoms with Crippen molar-refractivity contribution in [1.82, 2.24) is 16.0 Å². The number of ether oxygens (including phenoxy) is 1. The van der Waals surface area contributed by atoms with Crippen molar-refractivity contribution >= 4 is 28.7 Å². The van der Waals surface area contributed by atoms with Crippen LogP contribution in [0.5, 0.6) is 5.75 Å². The van der Waals surface area contributed by atoms with Crippen LogP contribution in [0.25, 0.3) is 11.0 Å². The normalized spacial score (nSPS) is 12.8. The SMILES string of the molecule is CCC(C)C(NC(=O)CNC(=O)COc1ccc2c(C)c(C)c(=O)oc2c1C)C(=O)NC(C)C. The Balaban J connectivity index is 1.96. The highest BCUT2D eigenvalue weighted by atomic mass is 16.5. The van der Waals surface area contributed by atoms with E-state index < -0.39 is 23.5 Å². The van der Waals surface area contributed by atoms with E-state index in [-0.39, 0.29) is 31.0 Å². The molecule has 0 radical (unpaired) electrons. The number of carbonyl (C=O) groups is 3. The second-order valence-corrected chi connectivity index (χ2v) is 8.86. The van der Waals surface area contributed by atoms with Gasteiger partial charge in [0, 0.05) is 22.6 Å². The number of benzene rings is 1. The molecule has 0 fully saturated rings. The number of hydrogen-bond donors (Lipinski definition) is 3. The highest BCUT2D eigenvalue weighted by Gasteiger charge is 2.26. The zero-order valence-corrected chi connectivity index (χ0v) is 21.0. The maximum Gasteiger partial charge on any atom is 0.339 e. The molecule has 34 heavy (non-hydrogen) atoms. The molecule has 3 N–H and O–H groups in total. The van der Waals surface area contributed by atoms with Gasteiger partial charge in [-0.3, -0.25) is 14.4 Å². The van der Waals surface area contributed by atoms with Crippen LogP contribution in [0.1, 0.15) is 50.8 Å². The molecule has 186 valence electrons. The fraction of sp³-hybridized carbons (Fsp3) is 0.520. The Morgan fingerprint density at radius 3 is 2.26 bits per heavy atom. The van der Waals surface area contributed by atoms with Crippen molar-refractivity contribution in [1.29, 1.82) is 0 Å². The van der Waals surface area contributed by atoms with E-state index in [1.165, 1.54) is 0 Å². The first-order valence-electron chi connectivity index (χ1n) is 11.5. The molecule has 1 aromatic heterocycles. The molecule has 9 heteroatoms. The van der Waals surface area contributed by atoms with Crippen LogP contribution >= 0.6 is 0 Å². The van der Waals surface area contributed by atoms with Crippen LogP contribution in [-0.2, 0) is 14.4 Å². The van der Waals surface area contributed by atoms with Crippen LogP contribution in [0.2, 0.25) is 0 Å². The minimum atomic E-state index is -0.685. The molecule has 3 amide bonds. The molecule has 2 rings (SSSR count). The summed E-state index contributed by atoms with van der Waals surface area (Å²) in [5.74, 6) is -0.878. The van der Waals surface area contributed by atoms with Gasteiger partial charge in [-0.15, -0.1) is 0 Å². The summed E-state index contributed by atoms with van der Waals surface area (Å²) >= 11 is 0. The molecule has 9 nitrogen and oxygen atoms in total. The first-order valence-corrected chi connectivity index (χ1v) is 11.5. The van der Waals surface area contributed by atoms with Gasteiger partial charge in [0.1, 0.15) is 17.4 Å². The van der Waals surface area contributed by atoms with Gasteiger partial charge in [0.05, 0.1) is 6.54 Å². The molecule has 0 saturated heterocycles. The summed E-state index contributed by atoms with van der Waals surface area (Å²) in [7, 11) is 0. The zero-order valence-electron chi connectivity index (χ0n) is 21.0. The Labute approximate surface area is 199 Å². The smallest absolute Gasteiger partial charge is 0.339 e. The number of fused-ring (bicyclic) bond motifs is 1. The second kappa shape index (κ2) is 11.7. The average Bonchev–Trinajstić information content (AvgIpc) is 2.78. The Kier molecular flexibility index (Phi) is 9.23. The Morgan fingerprint density at radius 2 is 1.65 bits per heavy atom. The summed E-state index contributed by atoms with van der Waals surface area (Å²) in [5, 5.41) is 8.81. The summed E-state index contributed by atoms with van der Waals surface area (Å²) in [6.45, 7) is 12.2. The maximum absolute atomic E-state index is 12.4. The van der Waals surface area contributed by atoms with Gasteiger partial charge in [-0.1, -0.05) is 20.3 Å². The topological polar surface area (TPSA) is 127 Å². The molecular weight excluding hydrogens is 438 g/mol. The maximum atomic E-state index is 12.4. The predicted molar refractivity (Wildman–Crippen MR) is 130 cm³/mol.